The Morgan fingerprint density at radius 3 is 2.64 bits per heavy atom. The van der Waals surface area contributed by atoms with E-state index >= 15 is 0 Å². The maximum atomic E-state index is 12.2. The number of halogens is 3. The van der Waals surface area contributed by atoms with Gasteiger partial charge in [-0.05, 0) is 37.1 Å². The van der Waals surface area contributed by atoms with Crippen molar-refractivity contribution >= 4 is 0 Å². The molecule has 0 aliphatic rings. The lowest BCUT2D eigenvalue weighted by atomic mass is 10.1. The van der Waals surface area contributed by atoms with E-state index in [4.69, 9.17) is 5.73 Å². The fraction of sp³-hybridized carbons (Fsp3) is 0.444. The highest BCUT2D eigenvalue weighted by molar-refractivity contribution is 5.18. The van der Waals surface area contributed by atoms with Crippen LogP contribution in [0.4, 0.5) is 13.2 Å². The summed E-state index contributed by atoms with van der Waals surface area (Å²) in [6.07, 6.45) is -1.95. The van der Waals surface area contributed by atoms with Crippen LogP contribution in [0.25, 0.3) is 0 Å². The molecule has 1 rings (SSSR count). The number of nitrogens with zero attached hydrogens (tertiary/aromatic N) is 1. The van der Waals surface area contributed by atoms with Crippen LogP contribution >= 0.6 is 0 Å². The molecule has 2 N–H and O–H groups in total. The molecule has 0 aliphatic carbocycles. The van der Waals surface area contributed by atoms with Gasteiger partial charge >= 0.3 is 6.18 Å². The molecule has 0 amide bonds. The molecule has 0 fully saturated rings. The van der Waals surface area contributed by atoms with Crippen molar-refractivity contribution in [3.8, 4) is 0 Å². The minimum absolute atomic E-state index is 0.476. The zero-order valence-corrected chi connectivity index (χ0v) is 7.51. The quantitative estimate of drug-likeness (QED) is 0.817. The second-order valence-electron chi connectivity index (χ2n) is 2.94. The molecule has 0 unspecified atom stereocenters. The highest BCUT2D eigenvalue weighted by Crippen LogP contribution is 2.27. The van der Waals surface area contributed by atoms with Gasteiger partial charge in [0.05, 0.1) is 0 Å². The number of rotatable bonds is 3. The number of aryl methyl sites for hydroxylation is 1. The number of alkyl halides is 3. The first-order chi connectivity index (χ1) is 6.54. The molecule has 0 saturated heterocycles. The fourth-order valence-electron chi connectivity index (χ4n) is 1.09. The lowest BCUT2D eigenvalue weighted by Gasteiger charge is -2.06. The van der Waals surface area contributed by atoms with Crippen molar-refractivity contribution in [3.05, 3.63) is 29.6 Å². The van der Waals surface area contributed by atoms with Gasteiger partial charge in [-0.2, -0.15) is 13.2 Å². The van der Waals surface area contributed by atoms with Crippen LogP contribution in [0.2, 0.25) is 0 Å². The third-order valence-electron chi connectivity index (χ3n) is 1.78. The first-order valence-corrected chi connectivity index (χ1v) is 4.26. The van der Waals surface area contributed by atoms with E-state index in [-0.39, 0.29) is 0 Å². The van der Waals surface area contributed by atoms with Gasteiger partial charge in [-0.1, -0.05) is 0 Å². The Morgan fingerprint density at radius 1 is 1.36 bits per heavy atom. The Morgan fingerprint density at radius 2 is 2.07 bits per heavy atom. The van der Waals surface area contributed by atoms with Crippen molar-refractivity contribution in [2.24, 2.45) is 5.73 Å². The van der Waals surface area contributed by atoms with Gasteiger partial charge in [0, 0.05) is 6.20 Å². The second kappa shape index (κ2) is 4.41. The topological polar surface area (TPSA) is 38.9 Å². The molecule has 1 aromatic rings. The molecule has 2 nitrogen and oxygen atoms in total. The Kier molecular flexibility index (Phi) is 3.46. The molecule has 78 valence electrons. The summed E-state index contributed by atoms with van der Waals surface area (Å²) in [6, 6.07) is 2.64. The van der Waals surface area contributed by atoms with Crippen molar-refractivity contribution in [2.45, 2.75) is 19.0 Å². The molecular weight excluding hydrogens is 193 g/mol. The highest BCUT2D eigenvalue weighted by atomic mass is 19.4. The van der Waals surface area contributed by atoms with E-state index in [1.54, 1.807) is 6.07 Å². The molecule has 1 heterocycles. The third kappa shape index (κ3) is 2.99. The van der Waals surface area contributed by atoms with Crippen molar-refractivity contribution in [2.75, 3.05) is 6.54 Å². The van der Waals surface area contributed by atoms with Crippen molar-refractivity contribution in [3.63, 3.8) is 0 Å². The molecule has 0 bridgehead atoms. The van der Waals surface area contributed by atoms with Gasteiger partial charge in [-0.3, -0.25) is 4.98 Å². The second-order valence-corrected chi connectivity index (χ2v) is 2.94. The zero-order chi connectivity index (χ0) is 10.6. The van der Waals surface area contributed by atoms with Crippen LogP contribution in [0.1, 0.15) is 17.7 Å². The maximum absolute atomic E-state index is 12.2. The van der Waals surface area contributed by atoms with Crippen molar-refractivity contribution in [1.29, 1.82) is 0 Å². The van der Waals surface area contributed by atoms with E-state index in [0.717, 1.165) is 6.07 Å². The number of nitrogens with two attached hydrogens (primary N) is 1. The van der Waals surface area contributed by atoms with E-state index in [1.807, 2.05) is 0 Å². The predicted molar refractivity (Wildman–Crippen MR) is 46.6 cm³/mol. The minimum Gasteiger partial charge on any atom is -0.330 e. The van der Waals surface area contributed by atoms with Gasteiger partial charge in [0.1, 0.15) is 5.69 Å². The number of hydrogen-bond donors (Lipinski definition) is 1. The van der Waals surface area contributed by atoms with Crippen LogP contribution in [0.15, 0.2) is 18.3 Å². The molecule has 5 heteroatoms. The van der Waals surface area contributed by atoms with Gasteiger partial charge in [-0.15, -0.1) is 0 Å². The lowest BCUT2D eigenvalue weighted by molar-refractivity contribution is -0.141. The first kappa shape index (κ1) is 11.0. The zero-order valence-electron chi connectivity index (χ0n) is 7.51. The summed E-state index contributed by atoms with van der Waals surface area (Å²) in [5, 5.41) is 0. The van der Waals surface area contributed by atoms with Gasteiger partial charge in [0.25, 0.3) is 0 Å². The van der Waals surface area contributed by atoms with Crippen LogP contribution < -0.4 is 5.73 Å². The van der Waals surface area contributed by atoms with Crippen molar-refractivity contribution in [1.82, 2.24) is 4.98 Å². The van der Waals surface area contributed by atoms with Crippen LogP contribution in [-0.4, -0.2) is 11.5 Å². The lowest BCUT2D eigenvalue weighted by Crippen LogP contribution is -2.08. The standard InChI is InChI=1S/C9H11F3N2/c10-9(11,12)8-6-7(2-1-4-13)3-5-14-8/h3,5-6H,1-2,4,13H2. The van der Waals surface area contributed by atoms with Gasteiger partial charge in [-0.25, -0.2) is 0 Å². The summed E-state index contributed by atoms with van der Waals surface area (Å²) in [4.78, 5) is 3.26. The van der Waals surface area contributed by atoms with E-state index in [9.17, 15) is 13.2 Å². The van der Waals surface area contributed by atoms with E-state index < -0.39 is 11.9 Å². The molecule has 0 atom stereocenters. The molecule has 14 heavy (non-hydrogen) atoms. The SMILES string of the molecule is NCCCc1ccnc(C(F)(F)F)c1. The Hall–Kier alpha value is -1.10. The largest absolute Gasteiger partial charge is 0.433 e. The molecule has 0 saturated carbocycles. The summed E-state index contributed by atoms with van der Waals surface area (Å²) in [6.45, 7) is 0.476. The summed E-state index contributed by atoms with van der Waals surface area (Å²) >= 11 is 0. The summed E-state index contributed by atoms with van der Waals surface area (Å²) < 4.78 is 36.6. The summed E-state index contributed by atoms with van der Waals surface area (Å²) in [5.74, 6) is 0. The first-order valence-electron chi connectivity index (χ1n) is 4.26. The Bertz CT molecular complexity index is 296. The molecule has 1 aromatic heterocycles. The molecule has 0 aromatic carbocycles. The molecule has 0 spiro atoms. The van der Waals surface area contributed by atoms with Crippen LogP contribution in [0.5, 0.6) is 0 Å². The predicted octanol–water partition coefficient (Wildman–Crippen LogP) is 1.99. The van der Waals surface area contributed by atoms with E-state index in [2.05, 4.69) is 4.98 Å². The fourth-order valence-corrected chi connectivity index (χ4v) is 1.09. The third-order valence-corrected chi connectivity index (χ3v) is 1.78. The molecular formula is C9H11F3N2. The van der Waals surface area contributed by atoms with E-state index in [1.165, 1.54) is 6.20 Å². The Balaban J connectivity index is 2.79. The van der Waals surface area contributed by atoms with Crippen LogP contribution in [0.3, 0.4) is 0 Å². The minimum atomic E-state index is -4.36. The average molecular weight is 204 g/mol. The van der Waals surface area contributed by atoms with Crippen LogP contribution in [0, 0.1) is 0 Å². The van der Waals surface area contributed by atoms with Gasteiger partial charge in [0.2, 0.25) is 0 Å². The number of pyridine rings is 1. The monoisotopic (exact) mass is 204 g/mol. The number of aromatic nitrogens is 1. The summed E-state index contributed by atoms with van der Waals surface area (Å²) in [5.41, 5.74) is 5.04. The normalized spacial score (nSPS) is 11.7. The van der Waals surface area contributed by atoms with Crippen molar-refractivity contribution < 1.29 is 13.2 Å². The highest BCUT2D eigenvalue weighted by Gasteiger charge is 2.32. The summed E-state index contributed by atoms with van der Waals surface area (Å²) in [7, 11) is 0. The van der Waals surface area contributed by atoms with E-state index in [0.29, 0.717) is 24.9 Å². The molecule has 0 radical (unpaired) electrons. The van der Waals surface area contributed by atoms with Crippen LogP contribution in [-0.2, 0) is 12.6 Å². The Labute approximate surface area is 79.9 Å². The smallest absolute Gasteiger partial charge is 0.330 e. The maximum Gasteiger partial charge on any atom is 0.433 e. The molecule has 0 aliphatic heterocycles. The van der Waals surface area contributed by atoms with Gasteiger partial charge < -0.3 is 5.73 Å². The average Bonchev–Trinajstić information content (AvgIpc) is 2.14. The number of hydrogen-bond acceptors (Lipinski definition) is 2. The van der Waals surface area contributed by atoms with Gasteiger partial charge in [0.15, 0.2) is 0 Å².